The number of unbranched alkanes of at least 4 members (excludes halogenated alkanes) is 1. The SMILES string of the molecule is CCCCOC(=O)CNC(=O)C1CCCCC1. The van der Waals surface area contributed by atoms with E-state index in [-0.39, 0.29) is 24.3 Å². The maximum Gasteiger partial charge on any atom is 0.325 e. The molecule has 4 heteroatoms. The lowest BCUT2D eigenvalue weighted by Crippen LogP contribution is -2.36. The van der Waals surface area contributed by atoms with Crippen molar-refractivity contribution < 1.29 is 14.3 Å². The van der Waals surface area contributed by atoms with Gasteiger partial charge in [0.1, 0.15) is 6.54 Å². The van der Waals surface area contributed by atoms with Crippen LogP contribution in [-0.2, 0) is 14.3 Å². The van der Waals surface area contributed by atoms with Gasteiger partial charge in [0.05, 0.1) is 6.61 Å². The normalized spacial score (nSPS) is 16.5. The molecular formula is C13H23NO3. The molecule has 0 bridgehead atoms. The monoisotopic (exact) mass is 241 g/mol. The van der Waals surface area contributed by atoms with Crippen LogP contribution >= 0.6 is 0 Å². The number of hydrogen-bond donors (Lipinski definition) is 1. The minimum Gasteiger partial charge on any atom is -0.464 e. The van der Waals surface area contributed by atoms with Crippen LogP contribution in [0.1, 0.15) is 51.9 Å². The maximum absolute atomic E-state index is 11.7. The van der Waals surface area contributed by atoms with Gasteiger partial charge in [-0.25, -0.2) is 0 Å². The van der Waals surface area contributed by atoms with Crippen molar-refractivity contribution in [1.29, 1.82) is 0 Å². The van der Waals surface area contributed by atoms with Gasteiger partial charge in [-0.05, 0) is 19.3 Å². The molecule has 0 unspecified atom stereocenters. The predicted octanol–water partition coefficient (Wildman–Crippen LogP) is 2.03. The third kappa shape index (κ3) is 5.71. The van der Waals surface area contributed by atoms with Gasteiger partial charge >= 0.3 is 5.97 Å². The van der Waals surface area contributed by atoms with Gasteiger partial charge < -0.3 is 10.1 Å². The number of nitrogens with one attached hydrogen (secondary N) is 1. The molecule has 0 saturated heterocycles. The summed E-state index contributed by atoms with van der Waals surface area (Å²) in [6.07, 6.45) is 7.26. The average Bonchev–Trinajstić information content (AvgIpc) is 2.37. The third-order valence-electron chi connectivity index (χ3n) is 3.14. The molecule has 1 aliphatic rings. The van der Waals surface area contributed by atoms with Gasteiger partial charge in [0, 0.05) is 5.92 Å². The second kappa shape index (κ2) is 8.09. The Kier molecular flexibility index (Phi) is 6.67. The second-order valence-corrected chi connectivity index (χ2v) is 4.63. The predicted molar refractivity (Wildman–Crippen MR) is 65.5 cm³/mol. The highest BCUT2D eigenvalue weighted by Crippen LogP contribution is 2.23. The van der Waals surface area contributed by atoms with Crippen molar-refractivity contribution in [3.8, 4) is 0 Å². The van der Waals surface area contributed by atoms with E-state index in [1.165, 1.54) is 6.42 Å². The Morgan fingerprint density at radius 3 is 2.59 bits per heavy atom. The highest BCUT2D eigenvalue weighted by molar-refractivity contribution is 5.83. The van der Waals surface area contributed by atoms with Crippen LogP contribution < -0.4 is 5.32 Å². The summed E-state index contributed by atoms with van der Waals surface area (Å²) in [5, 5.41) is 2.67. The van der Waals surface area contributed by atoms with Crippen LogP contribution in [0.3, 0.4) is 0 Å². The Bertz CT molecular complexity index is 247. The summed E-state index contributed by atoms with van der Waals surface area (Å²) in [4.78, 5) is 23.0. The number of carbonyl (C=O) groups excluding carboxylic acids is 2. The molecule has 0 heterocycles. The van der Waals surface area contributed by atoms with E-state index in [1.54, 1.807) is 0 Å². The molecule has 0 aromatic heterocycles. The fourth-order valence-corrected chi connectivity index (χ4v) is 2.05. The molecule has 1 amide bonds. The van der Waals surface area contributed by atoms with Crippen LogP contribution in [0.5, 0.6) is 0 Å². The van der Waals surface area contributed by atoms with E-state index in [9.17, 15) is 9.59 Å². The summed E-state index contributed by atoms with van der Waals surface area (Å²) >= 11 is 0. The first kappa shape index (κ1) is 14.0. The molecule has 0 atom stereocenters. The molecule has 1 rings (SSSR count). The molecule has 4 nitrogen and oxygen atoms in total. The Morgan fingerprint density at radius 1 is 1.24 bits per heavy atom. The smallest absolute Gasteiger partial charge is 0.325 e. The molecule has 1 aliphatic carbocycles. The third-order valence-corrected chi connectivity index (χ3v) is 3.14. The highest BCUT2D eigenvalue weighted by atomic mass is 16.5. The highest BCUT2D eigenvalue weighted by Gasteiger charge is 2.21. The van der Waals surface area contributed by atoms with Gasteiger partial charge in [-0.3, -0.25) is 9.59 Å². The molecule has 1 fully saturated rings. The molecule has 0 aliphatic heterocycles. The zero-order valence-electron chi connectivity index (χ0n) is 10.7. The van der Waals surface area contributed by atoms with E-state index in [1.807, 2.05) is 6.92 Å². The molecule has 0 aromatic carbocycles. The first-order valence-electron chi connectivity index (χ1n) is 6.67. The fourth-order valence-electron chi connectivity index (χ4n) is 2.05. The topological polar surface area (TPSA) is 55.4 Å². The number of amides is 1. The Hall–Kier alpha value is -1.06. The fraction of sp³-hybridized carbons (Fsp3) is 0.846. The van der Waals surface area contributed by atoms with Crippen LogP contribution in [0.25, 0.3) is 0 Å². The van der Waals surface area contributed by atoms with Crippen LogP contribution in [0.4, 0.5) is 0 Å². The average molecular weight is 241 g/mol. The Balaban J connectivity index is 2.11. The summed E-state index contributed by atoms with van der Waals surface area (Å²) in [5.41, 5.74) is 0. The van der Waals surface area contributed by atoms with Gasteiger partial charge in [0.2, 0.25) is 5.91 Å². The lowest BCUT2D eigenvalue weighted by Gasteiger charge is -2.20. The number of ether oxygens (including phenoxy) is 1. The van der Waals surface area contributed by atoms with Crippen LogP contribution in [0.15, 0.2) is 0 Å². The summed E-state index contributed by atoms with van der Waals surface area (Å²) in [6, 6.07) is 0. The quantitative estimate of drug-likeness (QED) is 0.572. The zero-order valence-corrected chi connectivity index (χ0v) is 10.7. The van der Waals surface area contributed by atoms with E-state index in [0.29, 0.717) is 6.61 Å². The molecular weight excluding hydrogens is 218 g/mol. The number of carbonyl (C=O) groups is 2. The van der Waals surface area contributed by atoms with Crippen molar-refractivity contribution in [3.05, 3.63) is 0 Å². The molecule has 0 spiro atoms. The van der Waals surface area contributed by atoms with Crippen LogP contribution in [-0.4, -0.2) is 25.0 Å². The molecule has 0 aromatic rings. The van der Waals surface area contributed by atoms with E-state index >= 15 is 0 Å². The lowest BCUT2D eigenvalue weighted by atomic mass is 9.89. The second-order valence-electron chi connectivity index (χ2n) is 4.63. The maximum atomic E-state index is 11.7. The van der Waals surface area contributed by atoms with Crippen molar-refractivity contribution in [2.45, 2.75) is 51.9 Å². The van der Waals surface area contributed by atoms with E-state index in [4.69, 9.17) is 4.74 Å². The van der Waals surface area contributed by atoms with Gasteiger partial charge in [-0.1, -0.05) is 32.6 Å². The number of esters is 1. The Labute approximate surface area is 103 Å². The van der Waals surface area contributed by atoms with Crippen molar-refractivity contribution in [2.24, 2.45) is 5.92 Å². The summed E-state index contributed by atoms with van der Waals surface area (Å²) in [5.74, 6) is -0.216. The zero-order chi connectivity index (χ0) is 12.5. The van der Waals surface area contributed by atoms with Gasteiger partial charge in [0.25, 0.3) is 0 Å². The van der Waals surface area contributed by atoms with E-state index in [0.717, 1.165) is 38.5 Å². The molecule has 1 N–H and O–H groups in total. The lowest BCUT2D eigenvalue weighted by molar-refractivity contribution is -0.144. The largest absolute Gasteiger partial charge is 0.464 e. The minimum atomic E-state index is -0.331. The summed E-state index contributed by atoms with van der Waals surface area (Å²) in [6.45, 7) is 2.51. The van der Waals surface area contributed by atoms with Crippen molar-refractivity contribution >= 4 is 11.9 Å². The summed E-state index contributed by atoms with van der Waals surface area (Å²) < 4.78 is 4.97. The van der Waals surface area contributed by atoms with Crippen LogP contribution in [0.2, 0.25) is 0 Å². The van der Waals surface area contributed by atoms with Crippen LogP contribution in [0, 0.1) is 5.92 Å². The summed E-state index contributed by atoms with van der Waals surface area (Å²) in [7, 11) is 0. The van der Waals surface area contributed by atoms with Crippen molar-refractivity contribution in [2.75, 3.05) is 13.2 Å². The number of hydrogen-bond acceptors (Lipinski definition) is 3. The molecule has 98 valence electrons. The van der Waals surface area contributed by atoms with Gasteiger partial charge in [-0.15, -0.1) is 0 Å². The van der Waals surface area contributed by atoms with Gasteiger partial charge in [0.15, 0.2) is 0 Å². The molecule has 17 heavy (non-hydrogen) atoms. The van der Waals surface area contributed by atoms with Crippen molar-refractivity contribution in [3.63, 3.8) is 0 Å². The Morgan fingerprint density at radius 2 is 1.94 bits per heavy atom. The van der Waals surface area contributed by atoms with Gasteiger partial charge in [-0.2, -0.15) is 0 Å². The number of rotatable bonds is 6. The standard InChI is InChI=1S/C13H23NO3/c1-2-3-9-17-12(15)10-14-13(16)11-7-5-4-6-8-11/h11H,2-10H2,1H3,(H,14,16). The van der Waals surface area contributed by atoms with Crippen molar-refractivity contribution in [1.82, 2.24) is 5.32 Å². The minimum absolute atomic E-state index is 0.0112. The van der Waals surface area contributed by atoms with E-state index < -0.39 is 0 Å². The molecule has 0 radical (unpaired) electrons. The van der Waals surface area contributed by atoms with E-state index in [2.05, 4.69) is 5.32 Å². The first-order chi connectivity index (χ1) is 8.24. The molecule has 1 saturated carbocycles. The first-order valence-corrected chi connectivity index (χ1v) is 6.67.